The van der Waals surface area contributed by atoms with Crippen LogP contribution in [-0.4, -0.2) is 24.8 Å². The Balaban J connectivity index is 2.01. The minimum atomic E-state index is -0.0986. The SMILES string of the molecule is Cc1sc2nc([C@H](C)Sc3nncn3N)[nH]c(=O)c2c1C. The summed E-state index contributed by atoms with van der Waals surface area (Å²) < 4.78 is 1.34. The van der Waals surface area contributed by atoms with Crippen LogP contribution in [0.3, 0.4) is 0 Å². The maximum Gasteiger partial charge on any atom is 0.259 e. The zero-order valence-electron chi connectivity index (χ0n) is 11.7. The summed E-state index contributed by atoms with van der Waals surface area (Å²) in [4.78, 5) is 21.6. The molecule has 0 spiro atoms. The number of thioether (sulfide) groups is 1. The van der Waals surface area contributed by atoms with Crippen LogP contribution in [0.1, 0.15) is 28.4 Å². The fourth-order valence-electron chi connectivity index (χ4n) is 1.99. The molecule has 0 aliphatic rings. The lowest BCUT2D eigenvalue weighted by Gasteiger charge is -2.09. The van der Waals surface area contributed by atoms with Crippen LogP contribution in [0.2, 0.25) is 0 Å². The molecular weight excluding hydrogens is 308 g/mol. The van der Waals surface area contributed by atoms with Crippen LogP contribution >= 0.6 is 23.1 Å². The molecule has 0 saturated carbocycles. The molecule has 0 fully saturated rings. The largest absolute Gasteiger partial charge is 0.336 e. The second-order valence-corrected chi connectivity index (χ2v) is 7.21. The number of nitrogen functional groups attached to an aromatic ring is 1. The van der Waals surface area contributed by atoms with E-state index >= 15 is 0 Å². The van der Waals surface area contributed by atoms with Gasteiger partial charge in [0.2, 0.25) is 5.16 Å². The molecule has 7 nitrogen and oxygen atoms in total. The van der Waals surface area contributed by atoms with E-state index in [0.29, 0.717) is 16.4 Å². The molecule has 1 atom stereocenters. The molecule has 0 saturated heterocycles. The van der Waals surface area contributed by atoms with E-state index in [9.17, 15) is 4.79 Å². The molecule has 0 aliphatic heterocycles. The Kier molecular flexibility index (Phi) is 3.46. The summed E-state index contributed by atoms with van der Waals surface area (Å²) in [6.45, 7) is 5.88. The molecule has 3 heterocycles. The van der Waals surface area contributed by atoms with Crippen LogP contribution in [0.15, 0.2) is 16.3 Å². The molecule has 0 aromatic carbocycles. The van der Waals surface area contributed by atoms with E-state index < -0.39 is 0 Å². The Morgan fingerprint density at radius 1 is 1.48 bits per heavy atom. The number of hydrogen-bond acceptors (Lipinski definition) is 7. The van der Waals surface area contributed by atoms with Crippen LogP contribution in [0.4, 0.5) is 0 Å². The number of fused-ring (bicyclic) bond motifs is 1. The quantitative estimate of drug-likeness (QED) is 0.562. The molecule has 9 heteroatoms. The fourth-order valence-corrected chi connectivity index (χ4v) is 3.83. The van der Waals surface area contributed by atoms with Gasteiger partial charge in [0.15, 0.2) is 0 Å². The van der Waals surface area contributed by atoms with Crippen molar-refractivity contribution in [2.75, 3.05) is 5.84 Å². The first kappa shape index (κ1) is 14.1. The average Bonchev–Trinajstić information content (AvgIpc) is 2.95. The van der Waals surface area contributed by atoms with Gasteiger partial charge in [-0.2, -0.15) is 0 Å². The summed E-state index contributed by atoms with van der Waals surface area (Å²) in [7, 11) is 0. The number of aromatic amines is 1. The summed E-state index contributed by atoms with van der Waals surface area (Å²) in [5.74, 6) is 6.30. The summed E-state index contributed by atoms with van der Waals surface area (Å²) in [6, 6.07) is 0. The highest BCUT2D eigenvalue weighted by Gasteiger charge is 2.17. The maximum absolute atomic E-state index is 12.3. The lowest BCUT2D eigenvalue weighted by molar-refractivity contribution is 0.832. The van der Waals surface area contributed by atoms with E-state index in [1.54, 1.807) is 0 Å². The van der Waals surface area contributed by atoms with Crippen molar-refractivity contribution in [3.8, 4) is 0 Å². The highest BCUT2D eigenvalue weighted by atomic mass is 32.2. The van der Waals surface area contributed by atoms with Gasteiger partial charge in [0.05, 0.1) is 10.6 Å². The molecule has 110 valence electrons. The zero-order valence-corrected chi connectivity index (χ0v) is 13.4. The van der Waals surface area contributed by atoms with Crippen molar-refractivity contribution in [2.24, 2.45) is 0 Å². The van der Waals surface area contributed by atoms with Gasteiger partial charge in [0.25, 0.3) is 5.56 Å². The van der Waals surface area contributed by atoms with Crippen molar-refractivity contribution >= 4 is 33.3 Å². The first-order valence-electron chi connectivity index (χ1n) is 6.29. The number of aromatic nitrogens is 5. The molecule has 21 heavy (non-hydrogen) atoms. The molecule has 3 aromatic rings. The monoisotopic (exact) mass is 322 g/mol. The van der Waals surface area contributed by atoms with E-state index in [-0.39, 0.29) is 10.8 Å². The Labute approximate surface area is 128 Å². The molecule has 3 N–H and O–H groups in total. The molecule has 0 unspecified atom stereocenters. The number of rotatable bonds is 3. The number of hydrogen-bond donors (Lipinski definition) is 2. The van der Waals surface area contributed by atoms with E-state index in [4.69, 9.17) is 5.84 Å². The van der Waals surface area contributed by atoms with Crippen LogP contribution in [0.5, 0.6) is 0 Å². The van der Waals surface area contributed by atoms with Gasteiger partial charge in [-0.1, -0.05) is 11.8 Å². The predicted octanol–water partition coefficient (Wildman–Crippen LogP) is 1.76. The second-order valence-electron chi connectivity index (χ2n) is 4.70. The van der Waals surface area contributed by atoms with Gasteiger partial charge < -0.3 is 10.8 Å². The predicted molar refractivity (Wildman–Crippen MR) is 84.2 cm³/mol. The van der Waals surface area contributed by atoms with E-state index in [1.165, 1.54) is 34.1 Å². The zero-order chi connectivity index (χ0) is 15.1. The first-order valence-corrected chi connectivity index (χ1v) is 7.98. The number of nitrogens with two attached hydrogens (primary N) is 1. The van der Waals surface area contributed by atoms with Crippen LogP contribution < -0.4 is 11.4 Å². The molecule has 0 bridgehead atoms. The van der Waals surface area contributed by atoms with E-state index in [0.717, 1.165) is 15.3 Å². The highest BCUT2D eigenvalue weighted by molar-refractivity contribution is 7.99. The molecule has 0 amide bonds. The third kappa shape index (κ3) is 2.42. The van der Waals surface area contributed by atoms with Gasteiger partial charge in [0, 0.05) is 4.88 Å². The standard InChI is InChI=1S/C12H14N6OS2/c1-5-6(2)20-11-8(5)10(19)15-9(16-11)7(3)21-12-17-14-4-18(12)13/h4,7H,13H2,1-3H3,(H,15,16,19)/t7-/m0/s1. The van der Waals surface area contributed by atoms with Crippen LogP contribution in [-0.2, 0) is 0 Å². The average molecular weight is 322 g/mol. The minimum Gasteiger partial charge on any atom is -0.336 e. The van der Waals surface area contributed by atoms with Crippen molar-refractivity contribution in [3.05, 3.63) is 32.9 Å². The molecule has 3 rings (SSSR count). The summed E-state index contributed by atoms with van der Waals surface area (Å²) in [5.41, 5.74) is 0.899. The number of nitrogens with one attached hydrogen (secondary N) is 1. The first-order chi connectivity index (χ1) is 9.97. The maximum atomic E-state index is 12.3. The molecular formula is C12H14N6OS2. The van der Waals surface area contributed by atoms with Crippen molar-refractivity contribution in [2.45, 2.75) is 31.2 Å². The summed E-state index contributed by atoms with van der Waals surface area (Å²) >= 11 is 2.93. The summed E-state index contributed by atoms with van der Waals surface area (Å²) in [6.07, 6.45) is 1.43. The number of aryl methyl sites for hydroxylation is 2. The molecule has 0 radical (unpaired) electrons. The van der Waals surface area contributed by atoms with Gasteiger partial charge in [0.1, 0.15) is 17.0 Å². The smallest absolute Gasteiger partial charge is 0.259 e. The number of H-pyrrole nitrogens is 1. The van der Waals surface area contributed by atoms with Crippen molar-refractivity contribution in [1.82, 2.24) is 24.8 Å². The lowest BCUT2D eigenvalue weighted by Crippen LogP contribution is -2.13. The van der Waals surface area contributed by atoms with Crippen LogP contribution in [0.25, 0.3) is 10.2 Å². The molecule has 0 aliphatic carbocycles. The van der Waals surface area contributed by atoms with Gasteiger partial charge in [-0.25, -0.2) is 9.66 Å². The number of thiophene rings is 1. The Hall–Kier alpha value is -1.87. The Bertz CT molecular complexity index is 864. The van der Waals surface area contributed by atoms with Crippen molar-refractivity contribution in [1.29, 1.82) is 0 Å². The van der Waals surface area contributed by atoms with Gasteiger partial charge in [-0.05, 0) is 26.3 Å². The van der Waals surface area contributed by atoms with E-state index in [1.807, 2.05) is 20.8 Å². The van der Waals surface area contributed by atoms with Crippen molar-refractivity contribution in [3.63, 3.8) is 0 Å². The Morgan fingerprint density at radius 3 is 2.90 bits per heavy atom. The second kappa shape index (κ2) is 5.15. The lowest BCUT2D eigenvalue weighted by atomic mass is 10.2. The van der Waals surface area contributed by atoms with Gasteiger partial charge in [-0.15, -0.1) is 21.5 Å². The fraction of sp³-hybridized carbons (Fsp3) is 0.333. The Morgan fingerprint density at radius 2 is 2.24 bits per heavy atom. The normalized spacial score (nSPS) is 12.9. The molecule has 3 aromatic heterocycles. The minimum absolute atomic E-state index is 0.0867. The van der Waals surface area contributed by atoms with E-state index in [2.05, 4.69) is 20.2 Å². The highest BCUT2D eigenvalue weighted by Crippen LogP contribution is 2.32. The third-order valence-corrected chi connectivity index (χ3v) is 5.45. The third-order valence-electron chi connectivity index (χ3n) is 3.26. The number of nitrogens with zero attached hydrogens (tertiary/aromatic N) is 4. The van der Waals surface area contributed by atoms with Gasteiger partial charge in [-0.3, -0.25) is 4.79 Å². The van der Waals surface area contributed by atoms with Crippen LogP contribution in [0, 0.1) is 13.8 Å². The van der Waals surface area contributed by atoms with Crippen molar-refractivity contribution < 1.29 is 0 Å². The summed E-state index contributed by atoms with van der Waals surface area (Å²) in [5, 5.41) is 8.81. The topological polar surface area (TPSA) is 102 Å². The van der Waals surface area contributed by atoms with Gasteiger partial charge >= 0.3 is 0 Å².